The van der Waals surface area contributed by atoms with Gasteiger partial charge < -0.3 is 0 Å². The van der Waals surface area contributed by atoms with E-state index in [0.717, 1.165) is 11.3 Å². The predicted octanol–water partition coefficient (Wildman–Crippen LogP) is 4.52. The van der Waals surface area contributed by atoms with Crippen molar-refractivity contribution in [2.75, 3.05) is 0 Å². The van der Waals surface area contributed by atoms with Crippen LogP contribution in [-0.4, -0.2) is 7.85 Å². The average molecular weight is 281 g/mol. The van der Waals surface area contributed by atoms with Gasteiger partial charge in [0.25, 0.3) is 0 Å². The van der Waals surface area contributed by atoms with Crippen molar-refractivity contribution in [3.8, 4) is 11.1 Å². The molecule has 0 aliphatic heterocycles. The lowest BCUT2D eigenvalue weighted by Gasteiger charge is -2.01. The highest BCUT2D eigenvalue weighted by molar-refractivity contribution is 7.25. The summed E-state index contributed by atoms with van der Waals surface area (Å²) < 4.78 is 90.3. The van der Waals surface area contributed by atoms with Crippen molar-refractivity contribution in [3.05, 3.63) is 66.5 Å². The number of thiophene rings is 1. The van der Waals surface area contributed by atoms with Crippen LogP contribution in [0.15, 0.2) is 66.5 Å². The van der Waals surface area contributed by atoms with Gasteiger partial charge in [-0.25, -0.2) is 0 Å². The van der Waals surface area contributed by atoms with Crippen LogP contribution in [0.2, 0.25) is 0 Å². The summed E-state index contributed by atoms with van der Waals surface area (Å²) in [6.07, 6.45) is 0. The van der Waals surface area contributed by atoms with E-state index in [4.69, 9.17) is 22.9 Å². The Bertz CT molecular complexity index is 1430. The third-order valence-electron chi connectivity index (χ3n) is 2.78. The second-order valence-electron chi connectivity index (χ2n) is 4.05. The third-order valence-corrected chi connectivity index (χ3v) is 3.80. The minimum Gasteiger partial charge on any atom is -0.135 e. The zero-order chi connectivity index (χ0) is 23.1. The van der Waals surface area contributed by atoms with E-state index in [1.807, 2.05) is 0 Å². The molecule has 0 fully saturated rings. The second kappa shape index (κ2) is 4.50. The SMILES string of the molecule is [2H]c1c([2H])c([2H])c(-c2c([2H])c([2H])c3sc4c([2H])c([B])c([2H])c([2H])c4c3c2[2H])c([2H])c1[2H]. The summed E-state index contributed by atoms with van der Waals surface area (Å²) in [5.41, 5.74) is -0.919. The Hall–Kier alpha value is -2.06. The maximum atomic E-state index is 8.72. The summed E-state index contributed by atoms with van der Waals surface area (Å²) in [4.78, 5) is 0. The Balaban J connectivity index is 2.30. The molecule has 0 nitrogen and oxygen atoms in total. The standard InChI is InChI=1S/C18H11BS/c19-14-7-8-15-16-10-13(12-4-2-1-3-5-12)6-9-17(16)20-18(15)11-14/h1-11H/i1D,2D,3D,4D,5D,6D,7D,8D,9D,10D,11D. The van der Waals surface area contributed by atoms with E-state index in [0.29, 0.717) is 0 Å². The summed E-state index contributed by atoms with van der Waals surface area (Å²) in [6.45, 7) is 0. The molecular formula is C18H11BS. The molecule has 1 aromatic heterocycles. The van der Waals surface area contributed by atoms with Crippen molar-refractivity contribution in [3.63, 3.8) is 0 Å². The van der Waals surface area contributed by atoms with Crippen molar-refractivity contribution in [2.45, 2.75) is 0 Å². The molecule has 1 heterocycles. The van der Waals surface area contributed by atoms with Crippen LogP contribution >= 0.6 is 11.3 Å². The largest absolute Gasteiger partial charge is 0.135 e. The van der Waals surface area contributed by atoms with Gasteiger partial charge in [0, 0.05) is 20.2 Å². The van der Waals surface area contributed by atoms with Gasteiger partial charge in [0.15, 0.2) is 0 Å². The fourth-order valence-corrected chi connectivity index (χ4v) is 2.88. The van der Waals surface area contributed by atoms with Gasteiger partial charge in [-0.2, -0.15) is 0 Å². The fourth-order valence-electron chi connectivity index (χ4n) is 1.90. The topological polar surface area (TPSA) is 0 Å². The van der Waals surface area contributed by atoms with Crippen LogP contribution in [0.5, 0.6) is 0 Å². The zero-order valence-electron chi connectivity index (χ0n) is 21.0. The van der Waals surface area contributed by atoms with E-state index in [-0.39, 0.29) is 54.9 Å². The monoisotopic (exact) mass is 281 g/mol. The van der Waals surface area contributed by atoms with Gasteiger partial charge >= 0.3 is 0 Å². The van der Waals surface area contributed by atoms with Crippen molar-refractivity contribution >= 4 is 44.8 Å². The zero-order valence-corrected chi connectivity index (χ0v) is 10.8. The molecule has 4 rings (SSSR count). The molecule has 0 bridgehead atoms. The number of fused-ring (bicyclic) bond motifs is 3. The second-order valence-corrected chi connectivity index (χ2v) is 5.07. The van der Waals surface area contributed by atoms with Gasteiger partial charge in [-0.3, -0.25) is 0 Å². The van der Waals surface area contributed by atoms with Crippen LogP contribution < -0.4 is 5.46 Å². The van der Waals surface area contributed by atoms with Gasteiger partial charge in [-0.1, -0.05) is 59.8 Å². The first-order valence-electron chi connectivity index (χ1n) is 11.2. The van der Waals surface area contributed by atoms with Crippen LogP contribution in [-0.2, 0) is 0 Å². The normalized spacial score (nSPS) is 18.9. The van der Waals surface area contributed by atoms with Gasteiger partial charge in [-0.15, -0.1) is 11.3 Å². The first kappa shape index (κ1) is 5.05. The smallest absolute Gasteiger partial charge is 0.113 e. The molecule has 20 heavy (non-hydrogen) atoms. The van der Waals surface area contributed by atoms with E-state index >= 15 is 0 Å². The molecule has 0 spiro atoms. The number of hydrogen-bond donors (Lipinski definition) is 0. The maximum absolute atomic E-state index is 8.72. The third kappa shape index (κ3) is 1.84. The summed E-state index contributed by atoms with van der Waals surface area (Å²) in [7, 11) is 5.76. The van der Waals surface area contributed by atoms with E-state index < -0.39 is 48.3 Å². The van der Waals surface area contributed by atoms with Crippen LogP contribution in [0.1, 0.15) is 15.1 Å². The minimum absolute atomic E-state index is 0.0230. The number of benzene rings is 3. The van der Waals surface area contributed by atoms with E-state index in [1.165, 1.54) is 0 Å². The maximum Gasteiger partial charge on any atom is 0.113 e. The van der Waals surface area contributed by atoms with Crippen molar-refractivity contribution in [1.29, 1.82) is 0 Å². The van der Waals surface area contributed by atoms with Gasteiger partial charge in [-0.05, 0) is 23.2 Å². The van der Waals surface area contributed by atoms with Crippen molar-refractivity contribution in [2.24, 2.45) is 0 Å². The average Bonchev–Trinajstić information content (AvgIpc) is 3.15. The number of rotatable bonds is 1. The van der Waals surface area contributed by atoms with E-state index in [1.54, 1.807) is 0 Å². The molecule has 0 amide bonds. The highest BCUT2D eigenvalue weighted by Crippen LogP contribution is 2.35. The molecule has 0 N–H and O–H groups in total. The Morgan fingerprint density at radius 2 is 1.60 bits per heavy atom. The van der Waals surface area contributed by atoms with Gasteiger partial charge in [0.1, 0.15) is 7.85 Å². The molecule has 4 aromatic rings. The van der Waals surface area contributed by atoms with Gasteiger partial charge in [0.2, 0.25) is 0 Å². The van der Waals surface area contributed by atoms with Crippen molar-refractivity contribution in [1.82, 2.24) is 0 Å². The van der Waals surface area contributed by atoms with Gasteiger partial charge in [0.05, 0.1) is 15.1 Å². The molecule has 92 valence electrons. The molecule has 0 unspecified atom stereocenters. The lowest BCUT2D eigenvalue weighted by Crippen LogP contribution is -1.98. The summed E-state index contributed by atoms with van der Waals surface area (Å²) in [5, 5.41) is 0.0751. The summed E-state index contributed by atoms with van der Waals surface area (Å²) in [6, 6.07) is -5.32. The lowest BCUT2D eigenvalue weighted by atomic mass is 9.95. The summed E-state index contributed by atoms with van der Waals surface area (Å²) in [5.74, 6) is 0. The highest BCUT2D eigenvalue weighted by Gasteiger charge is 2.06. The molecular weight excluding hydrogens is 259 g/mol. The van der Waals surface area contributed by atoms with Crippen molar-refractivity contribution < 1.29 is 15.1 Å². The number of hydrogen-bond acceptors (Lipinski definition) is 1. The predicted molar refractivity (Wildman–Crippen MR) is 90.2 cm³/mol. The lowest BCUT2D eigenvalue weighted by molar-refractivity contribution is 1.66. The van der Waals surface area contributed by atoms with Crippen LogP contribution in [0.25, 0.3) is 31.3 Å². The molecule has 2 heteroatoms. The van der Waals surface area contributed by atoms with E-state index in [9.17, 15) is 0 Å². The summed E-state index contributed by atoms with van der Waals surface area (Å²) >= 11 is 0.905. The Morgan fingerprint density at radius 3 is 2.45 bits per heavy atom. The molecule has 0 aliphatic carbocycles. The Kier molecular flexibility index (Phi) is 1.14. The molecule has 0 saturated carbocycles. The fraction of sp³-hybridized carbons (Fsp3) is 0. The minimum atomic E-state index is -0.632. The molecule has 0 atom stereocenters. The van der Waals surface area contributed by atoms with Crippen LogP contribution in [0.3, 0.4) is 0 Å². The molecule has 0 saturated heterocycles. The van der Waals surface area contributed by atoms with Crippen LogP contribution in [0, 0.1) is 0 Å². The Labute approximate surface area is 138 Å². The Morgan fingerprint density at radius 1 is 0.750 bits per heavy atom. The molecule has 3 aromatic carbocycles. The highest BCUT2D eigenvalue weighted by atomic mass is 32.1. The molecule has 0 aliphatic rings. The van der Waals surface area contributed by atoms with E-state index in [2.05, 4.69) is 0 Å². The first-order chi connectivity index (χ1) is 14.4. The molecule has 2 radical (unpaired) electrons. The first-order valence-corrected chi connectivity index (χ1v) is 6.51. The quantitative estimate of drug-likeness (QED) is 0.450. The van der Waals surface area contributed by atoms with Crippen LogP contribution in [0.4, 0.5) is 0 Å².